The molecule has 0 spiro atoms. The largest absolute Gasteiger partial charge is 0.497 e. The summed E-state index contributed by atoms with van der Waals surface area (Å²) >= 11 is 0. The number of ether oxygens (including phenoxy) is 2. The van der Waals surface area contributed by atoms with Crippen molar-refractivity contribution in [3.05, 3.63) is 120 Å². The predicted octanol–water partition coefficient (Wildman–Crippen LogP) is 4.54. The van der Waals surface area contributed by atoms with E-state index in [-0.39, 0.29) is 24.9 Å². The number of methoxy groups -OCH3 is 2. The number of benzene rings is 4. The number of hydrogen-bond acceptors (Lipinski definition) is 6. The van der Waals surface area contributed by atoms with Gasteiger partial charge in [-0.3, -0.25) is 9.59 Å². The number of aromatic nitrogens is 3. The van der Waals surface area contributed by atoms with Gasteiger partial charge in [0.25, 0.3) is 0 Å². The van der Waals surface area contributed by atoms with Crippen molar-refractivity contribution in [2.45, 2.75) is 25.7 Å². The van der Waals surface area contributed by atoms with Crippen LogP contribution >= 0.6 is 0 Å². The van der Waals surface area contributed by atoms with E-state index in [4.69, 9.17) is 9.47 Å². The lowest BCUT2D eigenvalue weighted by Gasteiger charge is -2.32. The first-order valence-electron chi connectivity index (χ1n) is 13.2. The van der Waals surface area contributed by atoms with E-state index >= 15 is 0 Å². The summed E-state index contributed by atoms with van der Waals surface area (Å²) in [5, 5.41) is 11.4. The zero-order chi connectivity index (χ0) is 28.6. The van der Waals surface area contributed by atoms with Crippen LogP contribution in [0.1, 0.15) is 22.7 Å². The number of para-hydroxylation sites is 1. The molecule has 5 rings (SSSR count). The highest BCUT2D eigenvalue weighted by molar-refractivity contribution is 5.90. The Balaban J connectivity index is 1.56. The van der Waals surface area contributed by atoms with Gasteiger partial charge in [0, 0.05) is 24.7 Å². The number of amides is 2. The molecule has 1 heterocycles. The molecule has 5 aromatic rings. The van der Waals surface area contributed by atoms with Crippen LogP contribution in [0, 0.1) is 0 Å². The van der Waals surface area contributed by atoms with E-state index in [1.54, 1.807) is 34.9 Å². The minimum absolute atomic E-state index is 0.103. The quantitative estimate of drug-likeness (QED) is 0.260. The second-order valence-electron chi connectivity index (χ2n) is 9.46. The zero-order valence-corrected chi connectivity index (χ0v) is 22.9. The Morgan fingerprint density at radius 3 is 2.24 bits per heavy atom. The van der Waals surface area contributed by atoms with Gasteiger partial charge in [-0.1, -0.05) is 78.0 Å². The molecular formula is C32H31N5O4. The first-order valence-corrected chi connectivity index (χ1v) is 13.2. The topological polar surface area (TPSA) is 98.6 Å². The van der Waals surface area contributed by atoms with Crippen molar-refractivity contribution < 1.29 is 19.1 Å². The highest BCUT2D eigenvalue weighted by atomic mass is 16.5. The second-order valence-corrected chi connectivity index (χ2v) is 9.46. The van der Waals surface area contributed by atoms with E-state index in [9.17, 15) is 9.59 Å². The minimum Gasteiger partial charge on any atom is -0.497 e. The maximum absolute atomic E-state index is 14.2. The third-order valence-corrected chi connectivity index (χ3v) is 6.83. The molecule has 9 heteroatoms. The average molecular weight is 550 g/mol. The first kappa shape index (κ1) is 27.4. The number of hydrogen-bond donors (Lipinski definition) is 1. The highest BCUT2D eigenvalue weighted by Gasteiger charge is 2.34. The van der Waals surface area contributed by atoms with E-state index in [0.717, 1.165) is 16.6 Å². The van der Waals surface area contributed by atoms with Crippen LogP contribution in [0.4, 0.5) is 0 Å². The summed E-state index contributed by atoms with van der Waals surface area (Å²) in [6.45, 7) is 0.384. The Bertz CT molecular complexity index is 1620. The van der Waals surface area contributed by atoms with Crippen molar-refractivity contribution in [3.8, 4) is 11.5 Å². The molecule has 0 aliphatic rings. The van der Waals surface area contributed by atoms with E-state index in [1.807, 2.05) is 84.9 Å². The molecule has 2 amide bonds. The molecule has 0 bridgehead atoms. The molecule has 0 saturated heterocycles. The molecule has 0 radical (unpaired) electrons. The van der Waals surface area contributed by atoms with Gasteiger partial charge in [0.15, 0.2) is 0 Å². The molecule has 0 saturated carbocycles. The first-order chi connectivity index (χ1) is 20.1. The summed E-state index contributed by atoms with van der Waals surface area (Å²) in [5.74, 6) is 0.359. The van der Waals surface area contributed by atoms with Crippen LogP contribution in [-0.2, 0) is 29.2 Å². The van der Waals surface area contributed by atoms with Crippen molar-refractivity contribution in [2.75, 3.05) is 14.2 Å². The fourth-order valence-corrected chi connectivity index (χ4v) is 4.73. The number of nitrogens with one attached hydrogen (secondary N) is 1. The standard InChI is InChI=1S/C32H31N5O4/c1-40-25-17-18-26(29(19-25)41-2)31(32(39)33-20-23-11-5-3-6-12-23)36(21-24-13-7-4-8-14-24)30(38)22-37-28-16-10-9-15-27(28)34-35-37/h3-19,31H,20-22H2,1-2H3,(H,33,39)/t31-/m0/s1. The van der Waals surface area contributed by atoms with E-state index < -0.39 is 6.04 Å². The summed E-state index contributed by atoms with van der Waals surface area (Å²) in [5.41, 5.74) is 3.76. The summed E-state index contributed by atoms with van der Waals surface area (Å²) in [6, 6.07) is 30.9. The van der Waals surface area contributed by atoms with Crippen molar-refractivity contribution in [2.24, 2.45) is 0 Å². The lowest BCUT2D eigenvalue weighted by atomic mass is 10.0. The van der Waals surface area contributed by atoms with Gasteiger partial charge in [0.05, 0.1) is 19.7 Å². The van der Waals surface area contributed by atoms with Crippen LogP contribution < -0.4 is 14.8 Å². The Kier molecular flexibility index (Phi) is 8.54. The number of fused-ring (bicyclic) bond motifs is 1. The summed E-state index contributed by atoms with van der Waals surface area (Å²) in [7, 11) is 3.09. The maximum atomic E-state index is 14.2. The molecular weight excluding hydrogens is 518 g/mol. The molecule has 0 fully saturated rings. The Morgan fingerprint density at radius 1 is 0.854 bits per heavy atom. The van der Waals surface area contributed by atoms with Crippen molar-refractivity contribution >= 4 is 22.8 Å². The van der Waals surface area contributed by atoms with Gasteiger partial charge in [0.1, 0.15) is 29.6 Å². The molecule has 0 unspecified atom stereocenters. The summed E-state index contributed by atoms with van der Waals surface area (Å²) in [6.07, 6.45) is 0. The SMILES string of the molecule is COc1ccc([C@@H](C(=O)NCc2ccccc2)N(Cc2ccccc2)C(=O)Cn2nnc3ccccc32)c(OC)c1. The number of carbonyl (C=O) groups is 2. The maximum Gasteiger partial charge on any atom is 0.247 e. The van der Waals surface area contributed by atoms with E-state index in [2.05, 4.69) is 15.6 Å². The normalized spacial score (nSPS) is 11.6. The Hall–Kier alpha value is -5.18. The van der Waals surface area contributed by atoms with Gasteiger partial charge in [0.2, 0.25) is 11.8 Å². The number of carbonyl (C=O) groups excluding carboxylic acids is 2. The summed E-state index contributed by atoms with van der Waals surface area (Å²) in [4.78, 5) is 29.8. The molecule has 4 aromatic carbocycles. The Morgan fingerprint density at radius 2 is 1.54 bits per heavy atom. The van der Waals surface area contributed by atoms with Crippen LogP contribution in [-0.4, -0.2) is 45.9 Å². The molecule has 0 aliphatic carbocycles. The number of rotatable bonds is 11. The van der Waals surface area contributed by atoms with Gasteiger partial charge >= 0.3 is 0 Å². The van der Waals surface area contributed by atoms with Gasteiger partial charge in [-0.15, -0.1) is 5.10 Å². The molecule has 0 aliphatic heterocycles. The van der Waals surface area contributed by atoms with Crippen molar-refractivity contribution in [3.63, 3.8) is 0 Å². The average Bonchev–Trinajstić information content (AvgIpc) is 3.43. The lowest BCUT2D eigenvalue weighted by molar-refractivity contribution is -0.142. The molecule has 9 nitrogen and oxygen atoms in total. The van der Waals surface area contributed by atoms with Crippen molar-refractivity contribution in [1.29, 1.82) is 0 Å². The Labute approximate surface area is 238 Å². The van der Waals surface area contributed by atoms with Gasteiger partial charge in [-0.05, 0) is 35.4 Å². The van der Waals surface area contributed by atoms with Crippen LogP contribution in [0.5, 0.6) is 11.5 Å². The van der Waals surface area contributed by atoms with Crippen LogP contribution in [0.25, 0.3) is 11.0 Å². The van der Waals surface area contributed by atoms with Crippen LogP contribution in [0.15, 0.2) is 103 Å². The third-order valence-electron chi connectivity index (χ3n) is 6.83. The van der Waals surface area contributed by atoms with Gasteiger partial charge in [-0.2, -0.15) is 0 Å². The van der Waals surface area contributed by atoms with Crippen LogP contribution in [0.2, 0.25) is 0 Å². The number of nitrogens with zero attached hydrogens (tertiary/aromatic N) is 4. The minimum atomic E-state index is -1.01. The molecule has 1 atom stereocenters. The van der Waals surface area contributed by atoms with Gasteiger partial charge in [-0.25, -0.2) is 4.68 Å². The van der Waals surface area contributed by atoms with Gasteiger partial charge < -0.3 is 19.7 Å². The predicted molar refractivity (Wildman–Crippen MR) is 155 cm³/mol. The summed E-state index contributed by atoms with van der Waals surface area (Å²) < 4.78 is 12.6. The zero-order valence-electron chi connectivity index (χ0n) is 22.9. The van der Waals surface area contributed by atoms with Crippen molar-refractivity contribution in [1.82, 2.24) is 25.2 Å². The second kappa shape index (κ2) is 12.8. The molecule has 1 N–H and O–H groups in total. The van der Waals surface area contributed by atoms with E-state index in [0.29, 0.717) is 29.1 Å². The van der Waals surface area contributed by atoms with E-state index in [1.165, 1.54) is 7.11 Å². The molecule has 1 aromatic heterocycles. The highest BCUT2D eigenvalue weighted by Crippen LogP contribution is 2.34. The fourth-order valence-electron chi connectivity index (χ4n) is 4.73. The molecule has 208 valence electrons. The monoisotopic (exact) mass is 549 g/mol. The fraction of sp³-hybridized carbons (Fsp3) is 0.188. The third kappa shape index (κ3) is 6.36. The smallest absolute Gasteiger partial charge is 0.247 e. The molecule has 41 heavy (non-hydrogen) atoms. The lowest BCUT2D eigenvalue weighted by Crippen LogP contribution is -2.44. The van der Waals surface area contributed by atoms with Crippen LogP contribution in [0.3, 0.4) is 0 Å².